The maximum Gasteiger partial charge on any atom is 0.150 e. The largest absolute Gasteiger partial charge is 0.335 e. The highest BCUT2D eigenvalue weighted by molar-refractivity contribution is 9.10. The van der Waals surface area contributed by atoms with Gasteiger partial charge in [0.25, 0.3) is 0 Å². The highest BCUT2D eigenvalue weighted by atomic mass is 79.9. The van der Waals surface area contributed by atoms with Crippen molar-refractivity contribution in [1.82, 2.24) is 9.78 Å². The van der Waals surface area contributed by atoms with Crippen LogP contribution in [-0.4, -0.2) is 9.78 Å². The summed E-state index contributed by atoms with van der Waals surface area (Å²) in [6.07, 6.45) is 0. The van der Waals surface area contributed by atoms with Crippen LogP contribution < -0.4 is 5.32 Å². The van der Waals surface area contributed by atoms with Crippen LogP contribution in [0.3, 0.4) is 0 Å². The van der Waals surface area contributed by atoms with Crippen molar-refractivity contribution in [1.29, 1.82) is 0 Å². The van der Waals surface area contributed by atoms with E-state index in [0.717, 1.165) is 12.1 Å². The lowest BCUT2D eigenvalue weighted by molar-refractivity contribution is 0.588. The molecule has 0 spiro atoms. The minimum absolute atomic E-state index is 0.177. The van der Waals surface area contributed by atoms with Crippen molar-refractivity contribution < 1.29 is 13.2 Å². The Balaban J connectivity index is 2.16. The summed E-state index contributed by atoms with van der Waals surface area (Å²) >= 11 is 9.18. The van der Waals surface area contributed by atoms with Crippen molar-refractivity contribution in [2.24, 2.45) is 7.05 Å². The highest BCUT2D eigenvalue weighted by Gasteiger charge is 2.21. The number of benzene rings is 2. The number of halogens is 5. The smallest absolute Gasteiger partial charge is 0.150 e. The molecule has 25 heavy (non-hydrogen) atoms. The van der Waals surface area contributed by atoms with E-state index in [0.29, 0.717) is 22.6 Å². The van der Waals surface area contributed by atoms with Crippen LogP contribution in [0.5, 0.6) is 0 Å². The first-order valence-electron chi connectivity index (χ1n) is 7.18. The summed E-state index contributed by atoms with van der Waals surface area (Å²) in [5.74, 6) is -1.66. The Morgan fingerprint density at radius 2 is 1.76 bits per heavy atom. The van der Waals surface area contributed by atoms with E-state index < -0.39 is 17.5 Å². The van der Waals surface area contributed by atoms with E-state index in [1.807, 2.05) is 0 Å². The summed E-state index contributed by atoms with van der Waals surface area (Å²) in [6.45, 7) is 1.73. The van der Waals surface area contributed by atoms with Gasteiger partial charge in [0.2, 0.25) is 0 Å². The summed E-state index contributed by atoms with van der Waals surface area (Å²) in [6, 6.07) is 6.24. The van der Waals surface area contributed by atoms with Crippen LogP contribution in [-0.2, 0) is 7.05 Å². The quantitative estimate of drug-likeness (QED) is 0.554. The number of hydrogen-bond donors (Lipinski definition) is 1. The summed E-state index contributed by atoms with van der Waals surface area (Å²) in [5.41, 5.74) is 1.31. The third-order valence-corrected chi connectivity index (χ3v) is 4.44. The van der Waals surface area contributed by atoms with Gasteiger partial charge in [0.1, 0.15) is 17.3 Å². The first-order chi connectivity index (χ1) is 11.8. The lowest BCUT2D eigenvalue weighted by Gasteiger charge is -2.13. The number of aryl methyl sites for hydroxylation is 2. The molecule has 0 bridgehead atoms. The monoisotopic (exact) mass is 429 g/mol. The van der Waals surface area contributed by atoms with E-state index in [-0.39, 0.29) is 15.2 Å². The molecule has 3 nitrogen and oxygen atoms in total. The van der Waals surface area contributed by atoms with E-state index in [1.165, 1.54) is 22.9 Å². The molecular formula is C17H12BrClF3N3. The third-order valence-electron chi connectivity index (χ3n) is 3.67. The molecule has 3 rings (SSSR count). The van der Waals surface area contributed by atoms with Gasteiger partial charge in [-0.25, -0.2) is 13.2 Å². The number of anilines is 2. The molecule has 130 valence electrons. The number of nitrogens with zero attached hydrogens (tertiary/aromatic N) is 2. The second-order valence-electron chi connectivity index (χ2n) is 5.43. The average Bonchev–Trinajstić information content (AvgIpc) is 2.77. The van der Waals surface area contributed by atoms with Gasteiger partial charge < -0.3 is 5.32 Å². The molecule has 0 radical (unpaired) electrons. The van der Waals surface area contributed by atoms with Crippen LogP contribution in [0.4, 0.5) is 24.7 Å². The summed E-state index contributed by atoms with van der Waals surface area (Å²) < 4.78 is 43.4. The van der Waals surface area contributed by atoms with Gasteiger partial charge in [-0.1, -0.05) is 27.5 Å². The van der Waals surface area contributed by atoms with Gasteiger partial charge in [-0.05, 0) is 37.3 Å². The Morgan fingerprint density at radius 1 is 1.12 bits per heavy atom. The second kappa shape index (κ2) is 6.72. The zero-order valence-corrected chi connectivity index (χ0v) is 15.5. The van der Waals surface area contributed by atoms with Crippen molar-refractivity contribution >= 4 is 39.0 Å². The Labute approximate surface area is 155 Å². The molecule has 0 saturated heterocycles. The van der Waals surface area contributed by atoms with Crippen molar-refractivity contribution in [2.45, 2.75) is 6.92 Å². The van der Waals surface area contributed by atoms with E-state index in [4.69, 9.17) is 11.6 Å². The minimum Gasteiger partial charge on any atom is -0.335 e. The van der Waals surface area contributed by atoms with Crippen LogP contribution in [0.25, 0.3) is 11.1 Å². The van der Waals surface area contributed by atoms with Gasteiger partial charge in [-0.2, -0.15) is 5.10 Å². The van der Waals surface area contributed by atoms with E-state index in [1.54, 1.807) is 14.0 Å². The second-order valence-corrected chi connectivity index (χ2v) is 6.75. The third kappa shape index (κ3) is 3.39. The van der Waals surface area contributed by atoms with E-state index in [2.05, 4.69) is 26.3 Å². The molecule has 2 aromatic carbocycles. The van der Waals surface area contributed by atoms with Crippen molar-refractivity contribution in [3.63, 3.8) is 0 Å². The van der Waals surface area contributed by atoms with E-state index in [9.17, 15) is 13.2 Å². The lowest BCUT2D eigenvalue weighted by Crippen LogP contribution is -2.04. The SMILES string of the molecule is Cc1nn(C)c(Nc2c(F)cc(Br)cc2F)c1-c1ccc(F)cc1Cl. The van der Waals surface area contributed by atoms with Crippen LogP contribution in [0.15, 0.2) is 34.8 Å². The number of hydrogen-bond acceptors (Lipinski definition) is 2. The molecule has 1 aromatic heterocycles. The van der Waals surface area contributed by atoms with Gasteiger partial charge in [-0.3, -0.25) is 4.68 Å². The van der Waals surface area contributed by atoms with Gasteiger partial charge in [-0.15, -0.1) is 0 Å². The van der Waals surface area contributed by atoms with E-state index >= 15 is 0 Å². The molecule has 0 aliphatic rings. The fourth-order valence-electron chi connectivity index (χ4n) is 2.60. The maximum absolute atomic E-state index is 14.2. The van der Waals surface area contributed by atoms with Crippen molar-refractivity contribution in [2.75, 3.05) is 5.32 Å². The maximum atomic E-state index is 14.2. The van der Waals surface area contributed by atoms with Gasteiger partial charge >= 0.3 is 0 Å². The molecular weight excluding hydrogens is 419 g/mol. The fourth-order valence-corrected chi connectivity index (χ4v) is 3.26. The van der Waals surface area contributed by atoms with Crippen LogP contribution in [0, 0.1) is 24.4 Å². The highest BCUT2D eigenvalue weighted by Crippen LogP contribution is 2.38. The zero-order valence-electron chi connectivity index (χ0n) is 13.2. The minimum atomic E-state index is -0.762. The molecule has 1 heterocycles. The summed E-state index contributed by atoms with van der Waals surface area (Å²) in [7, 11) is 1.63. The average molecular weight is 431 g/mol. The molecule has 0 atom stereocenters. The van der Waals surface area contributed by atoms with Gasteiger partial charge in [0, 0.05) is 22.6 Å². The predicted molar refractivity (Wildman–Crippen MR) is 95.7 cm³/mol. The predicted octanol–water partition coefficient (Wildman–Crippen LogP) is 5.97. The van der Waals surface area contributed by atoms with Gasteiger partial charge in [0.05, 0.1) is 10.7 Å². The Hall–Kier alpha value is -1.99. The van der Waals surface area contributed by atoms with Crippen molar-refractivity contribution in [3.05, 3.63) is 63.0 Å². The Kier molecular flexibility index (Phi) is 4.79. The first-order valence-corrected chi connectivity index (χ1v) is 8.35. The van der Waals surface area contributed by atoms with Crippen molar-refractivity contribution in [3.8, 4) is 11.1 Å². The van der Waals surface area contributed by atoms with Gasteiger partial charge in [0.15, 0.2) is 11.6 Å². The molecule has 0 saturated carbocycles. The summed E-state index contributed by atoms with van der Waals surface area (Å²) in [5, 5.41) is 7.19. The summed E-state index contributed by atoms with van der Waals surface area (Å²) in [4.78, 5) is 0. The molecule has 8 heteroatoms. The fraction of sp³-hybridized carbons (Fsp3) is 0.118. The molecule has 3 aromatic rings. The number of nitrogens with one attached hydrogen (secondary N) is 1. The topological polar surface area (TPSA) is 29.9 Å². The Morgan fingerprint density at radius 3 is 2.36 bits per heavy atom. The standard InChI is InChI=1S/C17H12BrClF3N3/c1-8-15(11-4-3-10(20)7-12(11)19)17(25(2)24-8)23-16-13(21)5-9(18)6-14(16)22/h3-7,23H,1-2H3. The molecule has 1 N–H and O–H groups in total. The molecule has 0 unspecified atom stereocenters. The van der Waals surface area contributed by atoms with Crippen LogP contribution >= 0.6 is 27.5 Å². The first kappa shape index (κ1) is 17.8. The molecule has 0 fully saturated rings. The number of aromatic nitrogens is 2. The number of rotatable bonds is 3. The van der Waals surface area contributed by atoms with Crippen LogP contribution in [0.2, 0.25) is 5.02 Å². The normalized spacial score (nSPS) is 11.0. The van der Waals surface area contributed by atoms with Crippen LogP contribution in [0.1, 0.15) is 5.69 Å². The zero-order chi connectivity index (χ0) is 18.3. The Bertz CT molecular complexity index is 949. The molecule has 0 aliphatic heterocycles. The molecule has 0 amide bonds. The molecule has 0 aliphatic carbocycles. The lowest BCUT2D eigenvalue weighted by atomic mass is 10.1.